The van der Waals surface area contributed by atoms with E-state index in [1.54, 1.807) is 23.9 Å². The van der Waals surface area contributed by atoms with Crippen molar-refractivity contribution in [3.05, 3.63) is 24.3 Å². The molecule has 2 aliphatic rings. The van der Waals surface area contributed by atoms with E-state index in [0.29, 0.717) is 26.2 Å². The first-order valence-electron chi connectivity index (χ1n) is 9.76. The summed E-state index contributed by atoms with van der Waals surface area (Å²) in [6.07, 6.45) is -0.930. The van der Waals surface area contributed by atoms with Gasteiger partial charge in [0.05, 0.1) is 24.3 Å². The Morgan fingerprint density at radius 1 is 0.966 bits per heavy atom. The number of nitrogens with two attached hydrogens (primary N) is 1. The summed E-state index contributed by atoms with van der Waals surface area (Å²) in [5, 5.41) is 22.4. The van der Waals surface area contributed by atoms with Gasteiger partial charge in [0.15, 0.2) is 0 Å². The van der Waals surface area contributed by atoms with Gasteiger partial charge in [0.25, 0.3) is 0 Å². The highest BCUT2D eigenvalue weighted by molar-refractivity contribution is 5.74. The number of benzene rings is 1. The highest BCUT2D eigenvalue weighted by Gasteiger charge is 2.35. The topological polar surface area (TPSA) is 122 Å². The molecule has 5 N–H and O–H groups in total. The lowest BCUT2D eigenvalue weighted by molar-refractivity contribution is -0.131. The fourth-order valence-electron chi connectivity index (χ4n) is 3.56. The van der Waals surface area contributed by atoms with Gasteiger partial charge in [0.2, 0.25) is 11.8 Å². The zero-order valence-electron chi connectivity index (χ0n) is 17.6. The third-order valence-corrected chi connectivity index (χ3v) is 5.66. The van der Waals surface area contributed by atoms with Crippen molar-refractivity contribution in [2.45, 2.75) is 38.1 Å². The first-order chi connectivity index (χ1) is 13.6. The maximum atomic E-state index is 11.3. The quantitative estimate of drug-likeness (QED) is 0.479. The SMILES string of the molecule is CC(=O)N(C)C1CN(c2ccc(N)cc2)CC1O.CC(=O)N(C)C1CNCC1O. The first-order valence-corrected chi connectivity index (χ1v) is 9.76. The summed E-state index contributed by atoms with van der Waals surface area (Å²) >= 11 is 0. The maximum Gasteiger partial charge on any atom is 0.219 e. The van der Waals surface area contributed by atoms with Crippen molar-refractivity contribution < 1.29 is 19.8 Å². The van der Waals surface area contributed by atoms with Gasteiger partial charge in [-0.1, -0.05) is 0 Å². The van der Waals surface area contributed by atoms with Gasteiger partial charge in [-0.15, -0.1) is 0 Å². The number of nitrogen functional groups attached to an aromatic ring is 1. The highest BCUT2D eigenvalue weighted by Crippen LogP contribution is 2.23. The summed E-state index contributed by atoms with van der Waals surface area (Å²) in [6, 6.07) is 7.33. The van der Waals surface area contributed by atoms with E-state index in [2.05, 4.69) is 10.2 Å². The molecule has 0 aromatic heterocycles. The molecule has 3 rings (SSSR count). The number of carbonyl (C=O) groups excluding carboxylic acids is 2. The van der Waals surface area contributed by atoms with E-state index < -0.39 is 12.2 Å². The average molecular weight is 408 g/mol. The number of hydrogen-bond acceptors (Lipinski definition) is 7. The molecule has 0 aliphatic carbocycles. The molecule has 0 spiro atoms. The van der Waals surface area contributed by atoms with E-state index in [9.17, 15) is 19.8 Å². The second kappa shape index (κ2) is 9.91. The number of aliphatic hydroxyl groups is 2. The predicted molar refractivity (Wildman–Crippen MR) is 112 cm³/mol. The number of nitrogens with zero attached hydrogens (tertiary/aromatic N) is 3. The Bertz CT molecular complexity index is 699. The predicted octanol–water partition coefficient (Wildman–Crippen LogP) is -0.906. The fraction of sp³-hybridized carbons (Fsp3) is 0.600. The van der Waals surface area contributed by atoms with Crippen molar-refractivity contribution >= 4 is 23.2 Å². The number of carbonyl (C=O) groups is 2. The molecular formula is C20H33N5O4. The molecule has 2 aliphatic heterocycles. The van der Waals surface area contributed by atoms with Crippen molar-refractivity contribution in [3.63, 3.8) is 0 Å². The van der Waals surface area contributed by atoms with E-state index in [0.717, 1.165) is 11.4 Å². The molecule has 9 nitrogen and oxygen atoms in total. The molecule has 0 bridgehead atoms. The molecule has 2 fully saturated rings. The molecule has 2 amide bonds. The second-order valence-corrected chi connectivity index (χ2v) is 7.68. The summed E-state index contributed by atoms with van der Waals surface area (Å²) in [5.41, 5.74) is 7.38. The molecule has 29 heavy (non-hydrogen) atoms. The van der Waals surface area contributed by atoms with Gasteiger partial charge >= 0.3 is 0 Å². The third-order valence-electron chi connectivity index (χ3n) is 5.66. The van der Waals surface area contributed by atoms with Crippen LogP contribution in [0.25, 0.3) is 0 Å². The fourth-order valence-corrected chi connectivity index (χ4v) is 3.56. The third kappa shape index (κ3) is 5.81. The molecule has 4 unspecified atom stereocenters. The van der Waals surface area contributed by atoms with Gasteiger partial charge in [0, 0.05) is 65.5 Å². The van der Waals surface area contributed by atoms with Crippen LogP contribution in [-0.4, -0.2) is 96.4 Å². The van der Waals surface area contributed by atoms with E-state index in [1.165, 1.54) is 13.8 Å². The minimum absolute atomic E-state index is 0.00208. The van der Waals surface area contributed by atoms with E-state index in [4.69, 9.17) is 5.73 Å². The Labute approximate surface area is 172 Å². The van der Waals surface area contributed by atoms with Crippen LogP contribution in [0.2, 0.25) is 0 Å². The van der Waals surface area contributed by atoms with Crippen LogP contribution in [0.5, 0.6) is 0 Å². The minimum atomic E-state index is -0.517. The Hall–Kier alpha value is -2.36. The van der Waals surface area contributed by atoms with Gasteiger partial charge in [-0.25, -0.2) is 0 Å². The highest BCUT2D eigenvalue weighted by atomic mass is 16.3. The van der Waals surface area contributed by atoms with E-state index in [1.807, 2.05) is 24.3 Å². The monoisotopic (exact) mass is 407 g/mol. The Kier molecular flexibility index (Phi) is 7.83. The second-order valence-electron chi connectivity index (χ2n) is 7.68. The molecule has 2 saturated heterocycles. The van der Waals surface area contributed by atoms with Crippen LogP contribution in [0.15, 0.2) is 24.3 Å². The largest absolute Gasteiger partial charge is 0.399 e. The van der Waals surface area contributed by atoms with Gasteiger partial charge in [-0.3, -0.25) is 9.59 Å². The van der Waals surface area contributed by atoms with E-state index >= 15 is 0 Å². The maximum absolute atomic E-state index is 11.3. The standard InChI is InChI=1S/C13H19N3O2.C7H14N2O2/c1-9(17)15(2)12-7-16(8-13(12)18)11-5-3-10(14)4-6-11;1-5(10)9(2)6-3-8-4-7(6)11/h3-6,12-13,18H,7-8,14H2,1-2H3;6-8,11H,3-4H2,1-2H3. The zero-order chi connectivity index (χ0) is 21.7. The Morgan fingerprint density at radius 3 is 2.00 bits per heavy atom. The Balaban J connectivity index is 0.000000234. The molecular weight excluding hydrogens is 374 g/mol. The van der Waals surface area contributed by atoms with Crippen molar-refractivity contribution in [1.82, 2.24) is 15.1 Å². The lowest BCUT2D eigenvalue weighted by Gasteiger charge is -2.25. The van der Waals surface area contributed by atoms with Gasteiger partial charge in [0.1, 0.15) is 0 Å². The summed E-state index contributed by atoms with van der Waals surface area (Å²) in [6.45, 7) is 5.47. The lowest BCUT2D eigenvalue weighted by Crippen LogP contribution is -2.43. The number of hydrogen-bond donors (Lipinski definition) is 4. The van der Waals surface area contributed by atoms with Crippen LogP contribution < -0.4 is 16.0 Å². The summed E-state index contributed by atoms with van der Waals surface area (Å²) < 4.78 is 0. The van der Waals surface area contributed by atoms with E-state index in [-0.39, 0.29) is 23.9 Å². The minimum Gasteiger partial charge on any atom is -0.399 e. The molecule has 9 heteroatoms. The number of amides is 2. The van der Waals surface area contributed by atoms with Crippen molar-refractivity contribution in [1.29, 1.82) is 0 Å². The Morgan fingerprint density at radius 2 is 1.52 bits per heavy atom. The van der Waals surface area contributed by atoms with Crippen LogP contribution in [0, 0.1) is 0 Å². The zero-order valence-corrected chi connectivity index (χ0v) is 17.6. The summed E-state index contributed by atoms with van der Waals surface area (Å²) in [7, 11) is 3.44. The number of β-amino-alcohol motifs (C(OH)–C–C–N with tert-alkyl or cyclic N) is 2. The lowest BCUT2D eigenvalue weighted by atomic mass is 10.2. The van der Waals surface area contributed by atoms with Crippen LogP contribution in [0.1, 0.15) is 13.8 Å². The summed E-state index contributed by atoms with van der Waals surface area (Å²) in [4.78, 5) is 27.4. The van der Waals surface area contributed by atoms with Crippen molar-refractivity contribution in [2.75, 3.05) is 50.9 Å². The van der Waals surface area contributed by atoms with Crippen molar-refractivity contribution in [3.8, 4) is 0 Å². The number of nitrogens with one attached hydrogen (secondary N) is 1. The van der Waals surface area contributed by atoms with Gasteiger partial charge < -0.3 is 36.0 Å². The number of anilines is 2. The van der Waals surface area contributed by atoms with Crippen molar-refractivity contribution in [2.24, 2.45) is 0 Å². The van der Waals surface area contributed by atoms with Gasteiger partial charge in [-0.2, -0.15) is 0 Å². The first kappa shape index (κ1) is 22.9. The van der Waals surface area contributed by atoms with Gasteiger partial charge in [-0.05, 0) is 24.3 Å². The molecule has 162 valence electrons. The smallest absolute Gasteiger partial charge is 0.219 e. The van der Waals surface area contributed by atoms with Crippen LogP contribution in [0.4, 0.5) is 11.4 Å². The molecule has 0 saturated carbocycles. The molecule has 4 atom stereocenters. The van der Waals surface area contributed by atoms with Crippen LogP contribution >= 0.6 is 0 Å². The summed E-state index contributed by atoms with van der Waals surface area (Å²) in [5.74, 6) is -0.0315. The number of likely N-dealkylation sites (N-methyl/N-ethyl adjacent to an activating group) is 2. The average Bonchev–Trinajstić information content (AvgIpc) is 3.27. The number of aliphatic hydroxyl groups excluding tert-OH is 2. The molecule has 1 aromatic rings. The molecule has 2 heterocycles. The van der Waals surface area contributed by atoms with Crippen LogP contribution in [0.3, 0.4) is 0 Å². The van der Waals surface area contributed by atoms with Crippen LogP contribution in [-0.2, 0) is 9.59 Å². The normalized spacial score (nSPS) is 25.9. The number of rotatable bonds is 3. The molecule has 1 aromatic carbocycles. The molecule has 0 radical (unpaired) electrons.